The molecule has 2 aromatic rings. The average Bonchev–Trinajstić information content (AvgIpc) is 2.31. The zero-order valence-corrected chi connectivity index (χ0v) is 8.56. The number of hydrogen-bond donors (Lipinski definition) is 1. The highest BCUT2D eigenvalue weighted by Crippen LogP contribution is 2.23. The van der Waals surface area contributed by atoms with Crippen LogP contribution in [0.4, 0.5) is 0 Å². The van der Waals surface area contributed by atoms with Crippen molar-refractivity contribution in [1.82, 2.24) is 0 Å². The second-order valence-electron chi connectivity index (χ2n) is 3.50. The van der Waals surface area contributed by atoms with Gasteiger partial charge in [0.25, 0.3) is 0 Å². The lowest BCUT2D eigenvalue weighted by Crippen LogP contribution is -1.93. The van der Waals surface area contributed by atoms with Gasteiger partial charge in [-0.25, -0.2) is 0 Å². The molecular formula is C14H14O. The summed E-state index contributed by atoms with van der Waals surface area (Å²) in [5, 5.41) is 8.99. The Morgan fingerprint density at radius 3 is 2.20 bits per heavy atom. The van der Waals surface area contributed by atoms with Crippen LogP contribution in [0.1, 0.15) is 5.56 Å². The van der Waals surface area contributed by atoms with Crippen molar-refractivity contribution >= 4 is 0 Å². The lowest BCUT2D eigenvalue weighted by molar-refractivity contribution is 0.300. The van der Waals surface area contributed by atoms with Crippen LogP contribution in [0, 0.1) is 0 Å². The molecule has 1 nitrogen and oxygen atoms in total. The maximum Gasteiger partial charge on any atom is 0.0471 e. The number of rotatable bonds is 3. The van der Waals surface area contributed by atoms with E-state index in [0.717, 1.165) is 0 Å². The third-order valence-corrected chi connectivity index (χ3v) is 2.48. The highest BCUT2D eigenvalue weighted by molar-refractivity contribution is 5.67. The molecule has 0 heterocycles. The van der Waals surface area contributed by atoms with Crippen LogP contribution in [0.2, 0.25) is 0 Å². The number of benzene rings is 2. The molecule has 0 saturated carbocycles. The molecule has 0 bridgehead atoms. The van der Waals surface area contributed by atoms with Gasteiger partial charge < -0.3 is 5.11 Å². The van der Waals surface area contributed by atoms with Crippen LogP contribution < -0.4 is 0 Å². The summed E-state index contributed by atoms with van der Waals surface area (Å²) in [4.78, 5) is 0. The first-order valence-corrected chi connectivity index (χ1v) is 5.16. The van der Waals surface area contributed by atoms with E-state index in [-0.39, 0.29) is 6.61 Å². The summed E-state index contributed by atoms with van der Waals surface area (Å²) < 4.78 is 0. The first-order valence-electron chi connectivity index (χ1n) is 5.16. The zero-order chi connectivity index (χ0) is 10.5. The Morgan fingerprint density at radius 1 is 0.800 bits per heavy atom. The van der Waals surface area contributed by atoms with E-state index in [2.05, 4.69) is 24.3 Å². The van der Waals surface area contributed by atoms with E-state index in [1.54, 1.807) is 0 Å². The Morgan fingerprint density at radius 2 is 1.47 bits per heavy atom. The van der Waals surface area contributed by atoms with Crippen molar-refractivity contribution in [3.8, 4) is 11.1 Å². The quantitative estimate of drug-likeness (QED) is 0.804. The van der Waals surface area contributed by atoms with Crippen molar-refractivity contribution in [2.75, 3.05) is 6.61 Å². The van der Waals surface area contributed by atoms with E-state index in [0.29, 0.717) is 6.42 Å². The Kier molecular flexibility index (Phi) is 3.15. The van der Waals surface area contributed by atoms with E-state index < -0.39 is 0 Å². The molecule has 0 amide bonds. The number of aliphatic hydroxyl groups is 1. The van der Waals surface area contributed by atoms with Crippen LogP contribution in [0.15, 0.2) is 54.6 Å². The molecule has 0 aliphatic rings. The van der Waals surface area contributed by atoms with Gasteiger partial charge in [0, 0.05) is 6.61 Å². The first kappa shape index (κ1) is 9.94. The minimum absolute atomic E-state index is 0.198. The topological polar surface area (TPSA) is 20.2 Å². The molecular weight excluding hydrogens is 184 g/mol. The van der Waals surface area contributed by atoms with Crippen LogP contribution in [-0.4, -0.2) is 11.7 Å². The van der Waals surface area contributed by atoms with Crippen LogP contribution in [0.3, 0.4) is 0 Å². The molecule has 0 aromatic heterocycles. The Labute approximate surface area is 90.0 Å². The Balaban J connectivity index is 2.43. The number of aliphatic hydroxyl groups excluding tert-OH is 1. The molecule has 2 aromatic carbocycles. The normalized spacial score (nSPS) is 10.2. The fraction of sp³-hybridized carbons (Fsp3) is 0.143. The molecule has 1 heteroatoms. The van der Waals surface area contributed by atoms with Gasteiger partial charge in [-0.2, -0.15) is 0 Å². The predicted octanol–water partition coefficient (Wildman–Crippen LogP) is 2.89. The molecule has 0 radical (unpaired) electrons. The van der Waals surface area contributed by atoms with Crippen LogP contribution in [-0.2, 0) is 6.42 Å². The molecule has 0 spiro atoms. The van der Waals surface area contributed by atoms with Gasteiger partial charge in [0.1, 0.15) is 0 Å². The van der Waals surface area contributed by atoms with Gasteiger partial charge in [-0.3, -0.25) is 0 Å². The fourth-order valence-corrected chi connectivity index (χ4v) is 1.76. The third-order valence-electron chi connectivity index (χ3n) is 2.48. The summed E-state index contributed by atoms with van der Waals surface area (Å²) in [6.45, 7) is 0.198. The van der Waals surface area contributed by atoms with Crippen LogP contribution in [0.5, 0.6) is 0 Å². The first-order chi connectivity index (χ1) is 7.42. The molecule has 0 aliphatic carbocycles. The smallest absolute Gasteiger partial charge is 0.0471 e. The molecule has 0 saturated heterocycles. The Bertz CT molecular complexity index is 420. The molecule has 0 fully saturated rings. The van der Waals surface area contributed by atoms with Crippen molar-refractivity contribution in [3.63, 3.8) is 0 Å². The van der Waals surface area contributed by atoms with Gasteiger partial charge in [0.2, 0.25) is 0 Å². The average molecular weight is 198 g/mol. The molecule has 0 atom stereocenters. The molecule has 15 heavy (non-hydrogen) atoms. The van der Waals surface area contributed by atoms with Gasteiger partial charge in [-0.1, -0.05) is 54.6 Å². The molecule has 2 rings (SSSR count). The lowest BCUT2D eigenvalue weighted by atomic mass is 9.98. The van der Waals surface area contributed by atoms with Gasteiger partial charge in [0.15, 0.2) is 0 Å². The van der Waals surface area contributed by atoms with Crippen molar-refractivity contribution < 1.29 is 5.11 Å². The van der Waals surface area contributed by atoms with Crippen molar-refractivity contribution in [2.45, 2.75) is 6.42 Å². The van der Waals surface area contributed by atoms with Crippen LogP contribution >= 0.6 is 0 Å². The van der Waals surface area contributed by atoms with E-state index in [1.807, 2.05) is 30.3 Å². The summed E-state index contributed by atoms with van der Waals surface area (Å²) in [6.07, 6.45) is 0.713. The van der Waals surface area contributed by atoms with Gasteiger partial charge >= 0.3 is 0 Å². The number of hydrogen-bond acceptors (Lipinski definition) is 1. The Hall–Kier alpha value is -1.60. The fourth-order valence-electron chi connectivity index (χ4n) is 1.76. The largest absolute Gasteiger partial charge is 0.396 e. The molecule has 0 unspecified atom stereocenters. The summed E-state index contributed by atoms with van der Waals surface area (Å²) in [6, 6.07) is 18.5. The van der Waals surface area contributed by atoms with E-state index in [9.17, 15) is 0 Å². The van der Waals surface area contributed by atoms with Crippen LogP contribution in [0.25, 0.3) is 11.1 Å². The van der Waals surface area contributed by atoms with Gasteiger partial charge in [-0.05, 0) is 23.1 Å². The maximum atomic E-state index is 8.99. The third kappa shape index (κ3) is 2.25. The molecule has 76 valence electrons. The monoisotopic (exact) mass is 198 g/mol. The van der Waals surface area contributed by atoms with E-state index >= 15 is 0 Å². The second-order valence-corrected chi connectivity index (χ2v) is 3.50. The highest BCUT2D eigenvalue weighted by Gasteiger charge is 2.02. The van der Waals surface area contributed by atoms with Gasteiger partial charge in [-0.15, -0.1) is 0 Å². The predicted molar refractivity (Wildman–Crippen MR) is 62.7 cm³/mol. The lowest BCUT2D eigenvalue weighted by Gasteiger charge is -2.07. The van der Waals surface area contributed by atoms with E-state index in [1.165, 1.54) is 16.7 Å². The minimum Gasteiger partial charge on any atom is -0.396 e. The van der Waals surface area contributed by atoms with Gasteiger partial charge in [0.05, 0.1) is 0 Å². The summed E-state index contributed by atoms with van der Waals surface area (Å²) >= 11 is 0. The minimum atomic E-state index is 0.198. The molecule has 0 aliphatic heterocycles. The zero-order valence-electron chi connectivity index (χ0n) is 8.56. The standard InChI is InChI=1S/C14H14O/c15-11-10-13-8-4-5-9-14(13)12-6-2-1-3-7-12/h1-9,15H,10-11H2. The SMILES string of the molecule is OCCc1ccccc1-c1ccccc1. The summed E-state index contributed by atoms with van der Waals surface area (Å²) in [5.74, 6) is 0. The summed E-state index contributed by atoms with van der Waals surface area (Å²) in [5.41, 5.74) is 3.62. The van der Waals surface area contributed by atoms with Crippen molar-refractivity contribution in [1.29, 1.82) is 0 Å². The summed E-state index contributed by atoms with van der Waals surface area (Å²) in [7, 11) is 0. The maximum absolute atomic E-state index is 8.99. The van der Waals surface area contributed by atoms with E-state index in [4.69, 9.17) is 5.11 Å². The van der Waals surface area contributed by atoms with Crippen molar-refractivity contribution in [2.24, 2.45) is 0 Å². The highest BCUT2D eigenvalue weighted by atomic mass is 16.2. The molecule has 1 N–H and O–H groups in total. The second kappa shape index (κ2) is 4.76. The van der Waals surface area contributed by atoms with Crippen molar-refractivity contribution in [3.05, 3.63) is 60.2 Å².